The Labute approximate surface area is 176 Å². The van der Waals surface area contributed by atoms with E-state index < -0.39 is 0 Å². The van der Waals surface area contributed by atoms with E-state index in [-0.39, 0.29) is 5.78 Å². The molecule has 0 aromatic heterocycles. The summed E-state index contributed by atoms with van der Waals surface area (Å²) in [6.07, 6.45) is 16.1. The molecule has 0 spiro atoms. The first kappa shape index (κ1) is 21.6. The summed E-state index contributed by atoms with van der Waals surface area (Å²) in [7, 11) is 0. The third-order valence-electron chi connectivity index (χ3n) is 5.96. The molecule has 0 bridgehead atoms. The first-order valence-electron chi connectivity index (χ1n) is 11.7. The molecule has 0 aliphatic heterocycles. The van der Waals surface area contributed by atoms with Gasteiger partial charge in [-0.1, -0.05) is 102 Å². The standard InChI is InChI=1S/C27H36O2/c1-2-3-4-5-6-7-8-9-10-11-12-15-20-29-22-18-19-24-23-16-13-14-17-25(23)27(28)26(24)21-22/h13-14,16-19,21H,2-12,15,20H2,1H3. The van der Waals surface area contributed by atoms with E-state index in [0.29, 0.717) is 0 Å². The zero-order chi connectivity index (χ0) is 20.3. The van der Waals surface area contributed by atoms with Crippen LogP contribution in [-0.2, 0) is 0 Å². The molecule has 0 unspecified atom stereocenters. The van der Waals surface area contributed by atoms with Gasteiger partial charge in [-0.3, -0.25) is 4.79 Å². The van der Waals surface area contributed by atoms with Gasteiger partial charge in [-0.05, 0) is 35.7 Å². The molecule has 0 atom stereocenters. The van der Waals surface area contributed by atoms with Gasteiger partial charge in [0.05, 0.1) is 6.61 Å². The summed E-state index contributed by atoms with van der Waals surface area (Å²) in [4.78, 5) is 12.6. The molecule has 1 aliphatic carbocycles. The minimum atomic E-state index is 0.117. The summed E-state index contributed by atoms with van der Waals surface area (Å²) in [5.74, 6) is 0.930. The molecule has 0 saturated carbocycles. The second-order valence-electron chi connectivity index (χ2n) is 8.32. The highest BCUT2D eigenvalue weighted by molar-refractivity contribution is 6.21. The van der Waals surface area contributed by atoms with E-state index >= 15 is 0 Å². The number of unbranched alkanes of at least 4 members (excludes halogenated alkanes) is 11. The second kappa shape index (κ2) is 11.8. The molecule has 156 valence electrons. The summed E-state index contributed by atoms with van der Waals surface area (Å²) in [5, 5.41) is 0. The number of ketones is 1. The van der Waals surface area contributed by atoms with Gasteiger partial charge >= 0.3 is 0 Å². The minimum absolute atomic E-state index is 0.117. The average Bonchev–Trinajstić information content (AvgIpc) is 3.03. The van der Waals surface area contributed by atoms with Gasteiger partial charge in [0.25, 0.3) is 0 Å². The van der Waals surface area contributed by atoms with Crippen LogP contribution in [0.15, 0.2) is 42.5 Å². The predicted molar refractivity (Wildman–Crippen MR) is 122 cm³/mol. The van der Waals surface area contributed by atoms with Gasteiger partial charge in [-0.15, -0.1) is 0 Å². The van der Waals surface area contributed by atoms with Gasteiger partial charge in [0.2, 0.25) is 0 Å². The van der Waals surface area contributed by atoms with Crippen molar-refractivity contribution >= 4 is 5.78 Å². The van der Waals surface area contributed by atoms with Crippen molar-refractivity contribution in [2.24, 2.45) is 0 Å². The van der Waals surface area contributed by atoms with Crippen LogP contribution in [-0.4, -0.2) is 12.4 Å². The SMILES string of the molecule is CCCCCCCCCCCCCCOc1ccc2c(c1)C(=O)c1ccccc1-2. The molecule has 0 saturated heterocycles. The Morgan fingerprint density at radius 1 is 0.621 bits per heavy atom. The number of hydrogen-bond acceptors (Lipinski definition) is 2. The highest BCUT2D eigenvalue weighted by atomic mass is 16.5. The molecule has 0 N–H and O–H groups in total. The third kappa shape index (κ3) is 6.19. The molecule has 2 nitrogen and oxygen atoms in total. The molecule has 3 rings (SSSR count). The van der Waals surface area contributed by atoms with E-state index in [1.807, 2.05) is 42.5 Å². The van der Waals surface area contributed by atoms with Gasteiger partial charge in [0, 0.05) is 11.1 Å². The molecule has 2 aromatic carbocycles. The van der Waals surface area contributed by atoms with Crippen molar-refractivity contribution in [2.75, 3.05) is 6.61 Å². The fraction of sp³-hybridized carbons (Fsp3) is 0.519. The Bertz CT molecular complexity index is 778. The van der Waals surface area contributed by atoms with E-state index in [1.54, 1.807) is 0 Å². The number of benzene rings is 2. The molecular formula is C27H36O2. The van der Waals surface area contributed by atoms with Crippen LogP contribution in [0, 0.1) is 0 Å². The number of carbonyl (C=O) groups is 1. The lowest BCUT2D eigenvalue weighted by Gasteiger charge is -2.08. The first-order chi connectivity index (χ1) is 14.3. The van der Waals surface area contributed by atoms with Crippen molar-refractivity contribution < 1.29 is 9.53 Å². The maximum atomic E-state index is 12.6. The molecule has 0 heterocycles. The van der Waals surface area contributed by atoms with Crippen molar-refractivity contribution in [3.8, 4) is 16.9 Å². The lowest BCUT2D eigenvalue weighted by atomic mass is 10.1. The Kier molecular flexibility index (Phi) is 8.80. The number of rotatable bonds is 14. The van der Waals surface area contributed by atoms with Crippen molar-refractivity contribution in [1.29, 1.82) is 0 Å². The van der Waals surface area contributed by atoms with Crippen LogP contribution in [0.1, 0.15) is 99.9 Å². The van der Waals surface area contributed by atoms with E-state index in [9.17, 15) is 4.79 Å². The van der Waals surface area contributed by atoms with E-state index in [1.165, 1.54) is 70.6 Å². The number of hydrogen-bond donors (Lipinski definition) is 0. The molecule has 0 fully saturated rings. The topological polar surface area (TPSA) is 26.3 Å². The quantitative estimate of drug-likeness (QED) is 0.260. The largest absolute Gasteiger partial charge is 0.494 e. The summed E-state index contributed by atoms with van der Waals surface area (Å²) in [6, 6.07) is 13.8. The Morgan fingerprint density at radius 2 is 1.17 bits per heavy atom. The highest BCUT2D eigenvalue weighted by Crippen LogP contribution is 2.38. The van der Waals surface area contributed by atoms with Crippen molar-refractivity contribution in [3.63, 3.8) is 0 Å². The average molecular weight is 393 g/mol. The Balaban J connectivity index is 1.26. The highest BCUT2D eigenvalue weighted by Gasteiger charge is 2.26. The van der Waals surface area contributed by atoms with Crippen molar-refractivity contribution in [1.82, 2.24) is 0 Å². The summed E-state index contributed by atoms with van der Waals surface area (Å²) in [6.45, 7) is 3.01. The lowest BCUT2D eigenvalue weighted by Crippen LogP contribution is -1.99. The van der Waals surface area contributed by atoms with Crippen LogP contribution in [0.3, 0.4) is 0 Å². The van der Waals surface area contributed by atoms with Crippen molar-refractivity contribution in [2.45, 2.75) is 84.0 Å². The molecular weight excluding hydrogens is 356 g/mol. The van der Waals surface area contributed by atoms with E-state index in [2.05, 4.69) is 6.92 Å². The lowest BCUT2D eigenvalue weighted by molar-refractivity contribution is 0.104. The van der Waals surface area contributed by atoms with Gasteiger partial charge in [-0.2, -0.15) is 0 Å². The summed E-state index contributed by atoms with van der Waals surface area (Å²) in [5.41, 5.74) is 3.65. The van der Waals surface area contributed by atoms with Crippen LogP contribution < -0.4 is 4.74 Å². The van der Waals surface area contributed by atoms with Gasteiger partial charge in [-0.25, -0.2) is 0 Å². The normalized spacial score (nSPS) is 12.1. The maximum absolute atomic E-state index is 12.6. The zero-order valence-electron chi connectivity index (χ0n) is 18.1. The Morgan fingerprint density at radius 3 is 1.83 bits per heavy atom. The fourth-order valence-corrected chi connectivity index (χ4v) is 4.23. The smallest absolute Gasteiger partial charge is 0.194 e. The fourth-order valence-electron chi connectivity index (χ4n) is 4.23. The first-order valence-corrected chi connectivity index (χ1v) is 11.7. The number of ether oxygens (including phenoxy) is 1. The van der Waals surface area contributed by atoms with E-state index in [4.69, 9.17) is 4.74 Å². The van der Waals surface area contributed by atoms with Crippen LogP contribution in [0.25, 0.3) is 11.1 Å². The molecule has 2 heteroatoms. The third-order valence-corrected chi connectivity index (χ3v) is 5.96. The number of fused-ring (bicyclic) bond motifs is 3. The molecule has 0 amide bonds. The van der Waals surface area contributed by atoms with Crippen molar-refractivity contribution in [3.05, 3.63) is 53.6 Å². The zero-order valence-corrected chi connectivity index (χ0v) is 18.1. The molecule has 2 aromatic rings. The van der Waals surface area contributed by atoms with E-state index in [0.717, 1.165) is 41.0 Å². The monoisotopic (exact) mass is 392 g/mol. The summed E-state index contributed by atoms with van der Waals surface area (Å²) >= 11 is 0. The maximum Gasteiger partial charge on any atom is 0.194 e. The second-order valence-corrected chi connectivity index (χ2v) is 8.32. The predicted octanol–water partition coefficient (Wildman–Crippen LogP) is 7.98. The van der Waals surface area contributed by atoms with Gasteiger partial charge in [0.15, 0.2) is 5.78 Å². The van der Waals surface area contributed by atoms with Crippen LogP contribution in [0.4, 0.5) is 0 Å². The Hall–Kier alpha value is -2.09. The van der Waals surface area contributed by atoms with Crippen LogP contribution in [0.5, 0.6) is 5.75 Å². The number of carbonyl (C=O) groups excluding carboxylic acids is 1. The summed E-state index contributed by atoms with van der Waals surface area (Å²) < 4.78 is 5.92. The molecule has 1 aliphatic rings. The van der Waals surface area contributed by atoms with Gasteiger partial charge in [0.1, 0.15) is 5.75 Å². The van der Waals surface area contributed by atoms with Crippen LogP contribution in [0.2, 0.25) is 0 Å². The van der Waals surface area contributed by atoms with Gasteiger partial charge < -0.3 is 4.74 Å². The molecule has 0 radical (unpaired) electrons. The molecule has 29 heavy (non-hydrogen) atoms. The van der Waals surface area contributed by atoms with Crippen LogP contribution >= 0.6 is 0 Å². The minimum Gasteiger partial charge on any atom is -0.494 e.